The Kier molecular flexibility index (Phi) is 2.30. The van der Waals surface area contributed by atoms with E-state index in [1.165, 1.54) is 12.8 Å². The van der Waals surface area contributed by atoms with Crippen molar-refractivity contribution in [1.29, 1.82) is 5.41 Å². The summed E-state index contributed by atoms with van der Waals surface area (Å²) in [7, 11) is 0. The van der Waals surface area contributed by atoms with Gasteiger partial charge in [-0.2, -0.15) is 0 Å². The summed E-state index contributed by atoms with van der Waals surface area (Å²) in [6.45, 7) is 2.26. The normalized spacial score (nSPS) is 20.5. The molecule has 3 N–H and O–H groups in total. The minimum atomic E-state index is 0.340. The molecule has 0 aromatic rings. The predicted molar refractivity (Wildman–Crippen MR) is 43.0 cm³/mol. The summed E-state index contributed by atoms with van der Waals surface area (Å²) in [6, 6.07) is 0. The lowest BCUT2D eigenvalue weighted by molar-refractivity contribution is 0.479. The number of nitrogens with two attached hydrogens (primary N) is 1. The lowest BCUT2D eigenvalue weighted by Crippen LogP contribution is -2.11. The van der Waals surface area contributed by atoms with Crippen molar-refractivity contribution in [3.05, 3.63) is 0 Å². The second-order valence-electron chi connectivity index (χ2n) is 3.38. The Balaban J connectivity index is 2.05. The average molecular weight is 140 g/mol. The van der Waals surface area contributed by atoms with Gasteiger partial charge < -0.3 is 5.73 Å². The zero-order chi connectivity index (χ0) is 7.56. The van der Waals surface area contributed by atoms with Crippen LogP contribution in [-0.4, -0.2) is 5.84 Å². The van der Waals surface area contributed by atoms with Crippen molar-refractivity contribution in [3.8, 4) is 0 Å². The molecule has 1 unspecified atom stereocenters. The van der Waals surface area contributed by atoms with Gasteiger partial charge >= 0.3 is 0 Å². The number of hydrogen-bond donors (Lipinski definition) is 2. The van der Waals surface area contributed by atoms with Gasteiger partial charge in [-0.05, 0) is 31.1 Å². The lowest BCUT2D eigenvalue weighted by atomic mass is 10.0. The van der Waals surface area contributed by atoms with Gasteiger partial charge in [0.1, 0.15) is 0 Å². The number of rotatable bonds is 4. The van der Waals surface area contributed by atoms with E-state index in [0.29, 0.717) is 5.84 Å². The highest BCUT2D eigenvalue weighted by Crippen LogP contribution is 2.38. The van der Waals surface area contributed by atoms with E-state index in [4.69, 9.17) is 11.1 Å². The second kappa shape index (κ2) is 3.04. The van der Waals surface area contributed by atoms with Crippen molar-refractivity contribution < 1.29 is 0 Å². The van der Waals surface area contributed by atoms with E-state index < -0.39 is 0 Å². The van der Waals surface area contributed by atoms with Crippen molar-refractivity contribution in [2.24, 2.45) is 17.6 Å². The zero-order valence-electron chi connectivity index (χ0n) is 6.56. The minimum Gasteiger partial charge on any atom is -0.388 e. The number of hydrogen-bond acceptors (Lipinski definition) is 1. The minimum absolute atomic E-state index is 0.340. The third kappa shape index (κ3) is 2.38. The molecule has 0 aliphatic heterocycles. The quantitative estimate of drug-likeness (QED) is 0.453. The molecule has 2 nitrogen and oxygen atoms in total. The molecule has 0 heterocycles. The van der Waals surface area contributed by atoms with E-state index >= 15 is 0 Å². The smallest absolute Gasteiger partial charge is 0.0905 e. The van der Waals surface area contributed by atoms with E-state index in [0.717, 1.165) is 24.7 Å². The summed E-state index contributed by atoms with van der Waals surface area (Å²) in [6.07, 6.45) is 4.70. The van der Waals surface area contributed by atoms with E-state index in [1.54, 1.807) is 0 Å². The van der Waals surface area contributed by atoms with Crippen LogP contribution >= 0.6 is 0 Å². The first-order valence-electron chi connectivity index (χ1n) is 4.03. The van der Waals surface area contributed by atoms with Crippen molar-refractivity contribution >= 4 is 5.84 Å². The van der Waals surface area contributed by atoms with Gasteiger partial charge in [0.15, 0.2) is 0 Å². The number of nitrogens with one attached hydrogen (secondary N) is 1. The summed E-state index contributed by atoms with van der Waals surface area (Å²) < 4.78 is 0. The Labute approximate surface area is 62.3 Å². The van der Waals surface area contributed by atoms with Crippen molar-refractivity contribution in [1.82, 2.24) is 0 Å². The predicted octanol–water partition coefficient (Wildman–Crippen LogP) is 1.75. The van der Waals surface area contributed by atoms with E-state index in [2.05, 4.69) is 6.92 Å². The van der Waals surface area contributed by atoms with Crippen LogP contribution in [-0.2, 0) is 0 Å². The molecule has 0 amide bonds. The highest BCUT2D eigenvalue weighted by atomic mass is 14.7. The fraction of sp³-hybridized carbons (Fsp3) is 0.875. The molecule has 10 heavy (non-hydrogen) atoms. The molecule has 0 radical (unpaired) electrons. The van der Waals surface area contributed by atoms with Crippen LogP contribution in [0.2, 0.25) is 0 Å². The maximum atomic E-state index is 7.03. The molecule has 58 valence electrons. The molecule has 1 aliphatic rings. The van der Waals surface area contributed by atoms with Crippen molar-refractivity contribution in [2.45, 2.75) is 32.6 Å². The van der Waals surface area contributed by atoms with Crippen LogP contribution in [0.5, 0.6) is 0 Å². The van der Waals surface area contributed by atoms with Crippen LogP contribution in [0.1, 0.15) is 32.6 Å². The fourth-order valence-corrected chi connectivity index (χ4v) is 1.28. The topological polar surface area (TPSA) is 49.9 Å². The first-order chi connectivity index (χ1) is 4.70. The maximum absolute atomic E-state index is 7.03. The van der Waals surface area contributed by atoms with Gasteiger partial charge in [0.2, 0.25) is 0 Å². The SMILES string of the molecule is CC(CCC(=N)N)C1CC1. The molecule has 0 saturated heterocycles. The largest absolute Gasteiger partial charge is 0.388 e. The van der Waals surface area contributed by atoms with E-state index in [1.807, 2.05) is 0 Å². The molecule has 0 spiro atoms. The van der Waals surface area contributed by atoms with Gasteiger partial charge in [-0.15, -0.1) is 0 Å². The third-order valence-corrected chi connectivity index (χ3v) is 2.30. The Morgan fingerprint density at radius 1 is 1.70 bits per heavy atom. The summed E-state index contributed by atoms with van der Waals surface area (Å²) >= 11 is 0. The van der Waals surface area contributed by atoms with Gasteiger partial charge in [0, 0.05) is 6.42 Å². The Hall–Kier alpha value is -0.530. The Morgan fingerprint density at radius 2 is 2.30 bits per heavy atom. The van der Waals surface area contributed by atoms with Crippen LogP contribution in [0.4, 0.5) is 0 Å². The molecule has 0 bridgehead atoms. The first kappa shape index (κ1) is 7.58. The molecule has 1 fully saturated rings. The van der Waals surface area contributed by atoms with Crippen LogP contribution in [0.3, 0.4) is 0 Å². The van der Waals surface area contributed by atoms with Crippen molar-refractivity contribution in [3.63, 3.8) is 0 Å². The van der Waals surface area contributed by atoms with E-state index in [9.17, 15) is 0 Å². The molecular weight excluding hydrogens is 124 g/mol. The first-order valence-corrected chi connectivity index (χ1v) is 4.03. The Bertz CT molecular complexity index is 127. The summed E-state index contributed by atoms with van der Waals surface area (Å²) in [5.74, 6) is 2.09. The fourth-order valence-electron chi connectivity index (χ4n) is 1.28. The highest BCUT2D eigenvalue weighted by Gasteiger charge is 2.27. The van der Waals surface area contributed by atoms with Crippen molar-refractivity contribution in [2.75, 3.05) is 0 Å². The molecule has 0 aromatic carbocycles. The molecule has 0 aromatic heterocycles. The Morgan fingerprint density at radius 3 is 2.70 bits per heavy atom. The second-order valence-corrected chi connectivity index (χ2v) is 3.38. The van der Waals surface area contributed by atoms with E-state index in [-0.39, 0.29) is 0 Å². The lowest BCUT2D eigenvalue weighted by Gasteiger charge is -2.07. The summed E-state index contributed by atoms with van der Waals surface area (Å²) in [5.41, 5.74) is 5.24. The van der Waals surface area contributed by atoms with Crippen LogP contribution in [0.25, 0.3) is 0 Å². The van der Waals surface area contributed by atoms with Crippen LogP contribution in [0, 0.1) is 17.2 Å². The molecule has 1 aliphatic carbocycles. The van der Waals surface area contributed by atoms with Gasteiger partial charge in [-0.25, -0.2) is 0 Å². The van der Waals surface area contributed by atoms with Crippen LogP contribution < -0.4 is 5.73 Å². The number of amidine groups is 1. The van der Waals surface area contributed by atoms with Gasteiger partial charge in [-0.3, -0.25) is 5.41 Å². The van der Waals surface area contributed by atoms with Gasteiger partial charge in [0.25, 0.3) is 0 Å². The third-order valence-electron chi connectivity index (χ3n) is 2.30. The average Bonchev–Trinajstić information content (AvgIpc) is 2.63. The monoisotopic (exact) mass is 140 g/mol. The molecule has 1 rings (SSSR count). The zero-order valence-corrected chi connectivity index (χ0v) is 6.56. The van der Waals surface area contributed by atoms with Crippen LogP contribution in [0.15, 0.2) is 0 Å². The molecule has 1 saturated carbocycles. The highest BCUT2D eigenvalue weighted by molar-refractivity contribution is 5.76. The molecule has 2 heteroatoms. The summed E-state index contributed by atoms with van der Waals surface area (Å²) in [4.78, 5) is 0. The molecule has 1 atom stereocenters. The van der Waals surface area contributed by atoms with Gasteiger partial charge in [-0.1, -0.05) is 6.92 Å². The molecular formula is C8H16N2. The van der Waals surface area contributed by atoms with Gasteiger partial charge in [0.05, 0.1) is 5.84 Å². The summed E-state index contributed by atoms with van der Waals surface area (Å²) in [5, 5.41) is 7.03. The standard InChI is InChI=1S/C8H16N2/c1-6(7-3-4-7)2-5-8(9)10/h6-7H,2-5H2,1H3,(H3,9,10). The maximum Gasteiger partial charge on any atom is 0.0905 e.